The molecule has 13 nitrogen and oxygen atoms in total. The maximum absolute atomic E-state index is 12.6. The molecule has 0 aliphatic carbocycles. The Kier molecular flexibility index (Phi) is 9.73. The molecule has 0 saturated heterocycles. The molecule has 0 spiro atoms. The predicted octanol–water partition coefficient (Wildman–Crippen LogP) is -2.15. The van der Waals surface area contributed by atoms with E-state index >= 15 is 0 Å². The highest BCUT2D eigenvalue weighted by Crippen LogP contribution is 2.18. The van der Waals surface area contributed by atoms with E-state index in [2.05, 4.69) is 20.9 Å². The summed E-state index contributed by atoms with van der Waals surface area (Å²) in [7, 11) is 0. The van der Waals surface area contributed by atoms with Gasteiger partial charge in [-0.2, -0.15) is 0 Å². The van der Waals surface area contributed by atoms with E-state index in [9.17, 15) is 24.0 Å². The molecule has 13 heteroatoms. The van der Waals surface area contributed by atoms with Crippen molar-refractivity contribution in [2.75, 3.05) is 6.61 Å². The van der Waals surface area contributed by atoms with Crippen molar-refractivity contribution in [1.29, 1.82) is 0 Å². The molecule has 2 aromatic rings. The van der Waals surface area contributed by atoms with Crippen molar-refractivity contribution < 1.29 is 34.2 Å². The Morgan fingerprint density at radius 3 is 2.29 bits per heavy atom. The van der Waals surface area contributed by atoms with Crippen molar-refractivity contribution >= 4 is 40.5 Å². The first-order chi connectivity index (χ1) is 16.5. The Bertz CT molecular complexity index is 1090. The summed E-state index contributed by atoms with van der Waals surface area (Å²) < 4.78 is 0. The first-order valence-electron chi connectivity index (χ1n) is 10.9. The Balaban J connectivity index is 1.99. The maximum atomic E-state index is 12.6. The Morgan fingerprint density at radius 1 is 1.00 bits per heavy atom. The van der Waals surface area contributed by atoms with Gasteiger partial charge in [0.15, 0.2) is 0 Å². The van der Waals surface area contributed by atoms with E-state index in [-0.39, 0.29) is 19.3 Å². The van der Waals surface area contributed by atoms with Gasteiger partial charge in [0.2, 0.25) is 23.6 Å². The molecule has 10 N–H and O–H groups in total. The maximum Gasteiger partial charge on any atom is 0.328 e. The molecule has 190 valence electrons. The number of H-pyrrole nitrogens is 1. The van der Waals surface area contributed by atoms with Crippen LogP contribution in [0.3, 0.4) is 0 Å². The summed E-state index contributed by atoms with van der Waals surface area (Å²) in [5.41, 5.74) is 12.9. The molecule has 0 bridgehead atoms. The number of nitrogens with one attached hydrogen (secondary N) is 4. The number of nitrogens with two attached hydrogens (primary N) is 2. The number of carboxylic acids is 1. The Morgan fingerprint density at radius 2 is 1.66 bits per heavy atom. The number of aliphatic hydroxyl groups is 1. The lowest BCUT2D eigenvalue weighted by molar-refractivity contribution is -0.143. The van der Waals surface area contributed by atoms with Gasteiger partial charge in [0.25, 0.3) is 0 Å². The first kappa shape index (κ1) is 27.3. The number of amides is 4. The second-order valence-corrected chi connectivity index (χ2v) is 8.05. The summed E-state index contributed by atoms with van der Waals surface area (Å²) in [5, 5.41) is 25.9. The molecule has 4 atom stereocenters. The zero-order chi connectivity index (χ0) is 26.1. The van der Waals surface area contributed by atoms with E-state index in [0.29, 0.717) is 0 Å². The fourth-order valence-corrected chi connectivity index (χ4v) is 3.33. The number of aliphatic carboxylic acids is 1. The molecule has 0 saturated carbocycles. The van der Waals surface area contributed by atoms with Crippen molar-refractivity contribution in [2.24, 2.45) is 11.5 Å². The van der Waals surface area contributed by atoms with Crippen molar-refractivity contribution in [1.82, 2.24) is 20.9 Å². The van der Waals surface area contributed by atoms with Gasteiger partial charge < -0.3 is 42.6 Å². The van der Waals surface area contributed by atoms with E-state index in [0.717, 1.165) is 16.5 Å². The predicted molar refractivity (Wildman–Crippen MR) is 125 cm³/mol. The van der Waals surface area contributed by atoms with Gasteiger partial charge in [-0.05, 0) is 31.4 Å². The summed E-state index contributed by atoms with van der Waals surface area (Å²) in [6, 6.07) is 2.52. The van der Waals surface area contributed by atoms with Crippen LogP contribution in [0.4, 0.5) is 0 Å². The van der Waals surface area contributed by atoms with Crippen molar-refractivity contribution in [3.63, 3.8) is 0 Å². The van der Waals surface area contributed by atoms with Crippen LogP contribution in [0.5, 0.6) is 0 Å². The highest BCUT2D eigenvalue weighted by molar-refractivity contribution is 5.94. The molecule has 1 aromatic heterocycles. The van der Waals surface area contributed by atoms with Crippen LogP contribution in [0.25, 0.3) is 10.9 Å². The third kappa shape index (κ3) is 7.79. The number of rotatable bonds is 13. The standard InChI is InChI=1S/C22H30N6O7/c1-11(26-20(32)14(23)8-12-9-25-15-5-3-2-4-13(12)15)19(31)27-16(6-7-18(24)30)21(33)28-17(10-29)22(34)35/h2-5,9,11,14,16-17,25,29H,6-8,10,23H2,1H3,(H2,24,30)(H,26,32)(H,27,31)(H,28,33)(H,34,35). The van der Waals surface area contributed by atoms with Crippen LogP contribution in [-0.4, -0.2) is 75.6 Å². The minimum Gasteiger partial charge on any atom is -0.480 e. The first-order valence-corrected chi connectivity index (χ1v) is 10.9. The zero-order valence-corrected chi connectivity index (χ0v) is 19.1. The van der Waals surface area contributed by atoms with Gasteiger partial charge in [0.1, 0.15) is 18.1 Å². The molecule has 0 aliphatic rings. The lowest BCUT2D eigenvalue weighted by atomic mass is 10.0. The van der Waals surface area contributed by atoms with Crippen LogP contribution in [0, 0.1) is 0 Å². The lowest BCUT2D eigenvalue weighted by Crippen LogP contribution is -2.57. The molecule has 2 rings (SSSR count). The molecule has 0 radical (unpaired) electrons. The largest absolute Gasteiger partial charge is 0.480 e. The van der Waals surface area contributed by atoms with E-state index in [1.807, 2.05) is 24.3 Å². The number of aliphatic hydroxyl groups excluding tert-OH is 1. The summed E-state index contributed by atoms with van der Waals surface area (Å²) in [6.45, 7) is 0.501. The van der Waals surface area contributed by atoms with Gasteiger partial charge in [-0.15, -0.1) is 0 Å². The van der Waals surface area contributed by atoms with E-state index in [1.165, 1.54) is 6.92 Å². The second-order valence-electron chi connectivity index (χ2n) is 8.05. The van der Waals surface area contributed by atoms with E-state index in [1.54, 1.807) is 6.20 Å². The van der Waals surface area contributed by atoms with Gasteiger partial charge >= 0.3 is 5.97 Å². The highest BCUT2D eigenvalue weighted by Gasteiger charge is 2.29. The number of aromatic nitrogens is 1. The van der Waals surface area contributed by atoms with Crippen LogP contribution in [-0.2, 0) is 30.4 Å². The topological polar surface area (TPSA) is 230 Å². The number of primary amides is 1. The summed E-state index contributed by atoms with van der Waals surface area (Å²) in [6.07, 6.45) is 1.48. The number of fused-ring (bicyclic) bond motifs is 1. The fraction of sp³-hybridized carbons (Fsp3) is 0.409. The molecule has 4 unspecified atom stereocenters. The van der Waals surface area contributed by atoms with Crippen molar-refractivity contribution in [3.05, 3.63) is 36.0 Å². The average molecular weight is 491 g/mol. The highest BCUT2D eigenvalue weighted by atomic mass is 16.4. The number of carbonyl (C=O) groups excluding carboxylic acids is 4. The second kappa shape index (κ2) is 12.5. The van der Waals surface area contributed by atoms with Crippen LogP contribution < -0.4 is 27.4 Å². The molecule has 0 aliphatic heterocycles. The van der Waals surface area contributed by atoms with E-state index in [4.69, 9.17) is 21.7 Å². The van der Waals surface area contributed by atoms with Crippen LogP contribution in [0.15, 0.2) is 30.5 Å². The lowest BCUT2D eigenvalue weighted by Gasteiger charge is -2.23. The molecular formula is C22H30N6O7. The Labute approximate surface area is 200 Å². The molecule has 1 heterocycles. The molecule has 1 aromatic carbocycles. The number of hydrogen-bond donors (Lipinski definition) is 8. The van der Waals surface area contributed by atoms with Gasteiger partial charge in [-0.3, -0.25) is 19.2 Å². The SMILES string of the molecule is CC(NC(=O)C(N)Cc1c[nH]c2ccccc12)C(=O)NC(CCC(N)=O)C(=O)NC(CO)C(=O)O. The average Bonchev–Trinajstić information content (AvgIpc) is 3.22. The monoisotopic (exact) mass is 490 g/mol. The number of carboxylic acid groups (broad SMARTS) is 1. The van der Waals surface area contributed by atoms with Crippen molar-refractivity contribution in [3.8, 4) is 0 Å². The molecule has 0 fully saturated rings. The van der Waals surface area contributed by atoms with Crippen molar-refractivity contribution in [2.45, 2.75) is 50.4 Å². The third-order valence-electron chi connectivity index (χ3n) is 5.31. The number of para-hydroxylation sites is 1. The number of carbonyl (C=O) groups is 5. The van der Waals surface area contributed by atoms with Crippen LogP contribution in [0.1, 0.15) is 25.3 Å². The summed E-state index contributed by atoms with van der Waals surface area (Å²) in [4.78, 5) is 62.9. The number of hydrogen-bond acceptors (Lipinski definition) is 7. The smallest absolute Gasteiger partial charge is 0.328 e. The normalized spacial score (nSPS) is 14.4. The quantitative estimate of drug-likeness (QED) is 0.154. The number of aromatic amines is 1. The summed E-state index contributed by atoms with van der Waals surface area (Å²) in [5.74, 6) is -4.51. The molecular weight excluding hydrogens is 460 g/mol. The van der Waals surface area contributed by atoms with Gasteiger partial charge in [0.05, 0.1) is 12.6 Å². The number of benzene rings is 1. The van der Waals surface area contributed by atoms with Gasteiger partial charge in [-0.25, -0.2) is 4.79 Å². The summed E-state index contributed by atoms with van der Waals surface area (Å²) >= 11 is 0. The van der Waals surface area contributed by atoms with Crippen LogP contribution >= 0.6 is 0 Å². The van der Waals surface area contributed by atoms with Gasteiger partial charge in [-0.1, -0.05) is 18.2 Å². The van der Waals surface area contributed by atoms with Gasteiger partial charge in [0, 0.05) is 23.5 Å². The zero-order valence-electron chi connectivity index (χ0n) is 19.1. The van der Waals surface area contributed by atoms with E-state index < -0.39 is 60.4 Å². The Hall–Kier alpha value is -3.97. The third-order valence-corrected chi connectivity index (χ3v) is 5.31. The minimum absolute atomic E-state index is 0.214. The molecule has 4 amide bonds. The minimum atomic E-state index is -1.60. The fourth-order valence-electron chi connectivity index (χ4n) is 3.33. The molecule has 35 heavy (non-hydrogen) atoms. The van der Waals surface area contributed by atoms with Crippen LogP contribution in [0.2, 0.25) is 0 Å².